The Morgan fingerprint density at radius 2 is 2.10 bits per heavy atom. The van der Waals surface area contributed by atoms with Gasteiger partial charge in [-0.3, -0.25) is 0 Å². The summed E-state index contributed by atoms with van der Waals surface area (Å²) < 4.78 is 51.7. The molecule has 0 amide bonds. The van der Waals surface area contributed by atoms with Crippen molar-refractivity contribution < 1.29 is 17.6 Å². The van der Waals surface area contributed by atoms with E-state index < -0.39 is 17.6 Å². The number of benzene rings is 1. The first-order valence-electron chi connectivity index (χ1n) is 7.24. The molecule has 21 heavy (non-hydrogen) atoms. The van der Waals surface area contributed by atoms with Crippen molar-refractivity contribution in [1.29, 1.82) is 0 Å². The summed E-state index contributed by atoms with van der Waals surface area (Å²) in [6, 6.07) is 2.78. The van der Waals surface area contributed by atoms with Crippen LogP contribution < -0.4 is 10.2 Å². The molecule has 1 aliphatic rings. The largest absolute Gasteiger partial charge is 0.416 e. The van der Waals surface area contributed by atoms with Crippen molar-refractivity contribution in [2.75, 3.05) is 31.1 Å². The molecule has 0 bridgehead atoms. The van der Waals surface area contributed by atoms with Gasteiger partial charge in [0.2, 0.25) is 0 Å². The Bertz CT molecular complexity index is 473. The van der Waals surface area contributed by atoms with Crippen molar-refractivity contribution in [1.82, 2.24) is 5.32 Å². The van der Waals surface area contributed by atoms with E-state index in [1.54, 1.807) is 0 Å². The molecule has 1 atom stereocenters. The maximum Gasteiger partial charge on any atom is 0.416 e. The van der Waals surface area contributed by atoms with Gasteiger partial charge < -0.3 is 10.2 Å². The summed E-state index contributed by atoms with van der Waals surface area (Å²) in [5.41, 5.74) is -0.672. The predicted octanol–water partition coefficient (Wildman–Crippen LogP) is 3.67. The number of alkyl halides is 3. The number of hydrogen-bond donors (Lipinski definition) is 1. The number of rotatable bonds is 4. The molecule has 6 heteroatoms. The lowest BCUT2D eigenvalue weighted by Gasteiger charge is -2.34. The van der Waals surface area contributed by atoms with Gasteiger partial charge in [-0.05, 0) is 50.0 Å². The monoisotopic (exact) mass is 304 g/mol. The van der Waals surface area contributed by atoms with Gasteiger partial charge in [0.05, 0.1) is 11.3 Å². The Morgan fingerprint density at radius 3 is 2.71 bits per heavy atom. The Balaban J connectivity index is 2.10. The molecule has 0 radical (unpaired) electrons. The molecule has 2 rings (SSSR count). The minimum absolute atomic E-state index is 0.268. The molecule has 1 aliphatic heterocycles. The number of anilines is 1. The summed E-state index contributed by atoms with van der Waals surface area (Å²) >= 11 is 0. The Labute approximate surface area is 122 Å². The quantitative estimate of drug-likeness (QED) is 0.854. The third-order valence-corrected chi connectivity index (χ3v) is 3.82. The highest BCUT2D eigenvalue weighted by Crippen LogP contribution is 2.33. The molecule has 1 aromatic rings. The van der Waals surface area contributed by atoms with Gasteiger partial charge in [-0.2, -0.15) is 13.2 Å². The number of nitrogens with one attached hydrogen (secondary N) is 1. The lowest BCUT2D eigenvalue weighted by molar-refractivity contribution is -0.137. The normalized spacial score (nSPS) is 19.9. The van der Waals surface area contributed by atoms with Crippen molar-refractivity contribution in [2.24, 2.45) is 5.92 Å². The van der Waals surface area contributed by atoms with Gasteiger partial charge in [0.1, 0.15) is 5.82 Å². The molecule has 1 fully saturated rings. The molecule has 1 unspecified atom stereocenters. The smallest absolute Gasteiger partial charge is 0.369 e. The van der Waals surface area contributed by atoms with Crippen LogP contribution in [-0.2, 0) is 6.18 Å². The Kier molecular flexibility index (Phi) is 5.08. The van der Waals surface area contributed by atoms with E-state index in [1.807, 2.05) is 11.8 Å². The number of nitrogens with zero attached hydrogens (tertiary/aromatic N) is 1. The molecule has 0 saturated carbocycles. The van der Waals surface area contributed by atoms with E-state index in [-0.39, 0.29) is 5.69 Å². The Morgan fingerprint density at radius 1 is 1.33 bits per heavy atom. The zero-order valence-electron chi connectivity index (χ0n) is 12.0. The minimum atomic E-state index is -4.51. The number of piperidine rings is 1. The van der Waals surface area contributed by atoms with Crippen molar-refractivity contribution in [2.45, 2.75) is 25.9 Å². The van der Waals surface area contributed by atoms with Crippen molar-refractivity contribution in [3.05, 3.63) is 29.6 Å². The maximum atomic E-state index is 14.0. The minimum Gasteiger partial charge on any atom is -0.369 e. The Hall–Kier alpha value is -1.30. The van der Waals surface area contributed by atoms with Crippen LogP contribution >= 0.6 is 0 Å². The zero-order chi connectivity index (χ0) is 15.5. The second-order valence-electron chi connectivity index (χ2n) is 5.43. The zero-order valence-corrected chi connectivity index (χ0v) is 12.0. The third kappa shape index (κ3) is 4.09. The maximum absolute atomic E-state index is 14.0. The fourth-order valence-corrected chi connectivity index (χ4v) is 2.74. The summed E-state index contributed by atoms with van der Waals surface area (Å²) in [7, 11) is 0. The van der Waals surface area contributed by atoms with Crippen LogP contribution in [0.1, 0.15) is 25.3 Å². The number of halogens is 4. The van der Waals surface area contributed by atoms with Gasteiger partial charge in [-0.15, -0.1) is 0 Å². The van der Waals surface area contributed by atoms with E-state index in [2.05, 4.69) is 5.32 Å². The van der Waals surface area contributed by atoms with Crippen LogP contribution in [0.15, 0.2) is 18.2 Å². The van der Waals surface area contributed by atoms with E-state index in [0.717, 1.165) is 32.0 Å². The SMILES string of the molecule is CCNCC1CCCN(c2ccc(C(F)(F)F)cc2F)C1. The van der Waals surface area contributed by atoms with Crippen LogP contribution in [-0.4, -0.2) is 26.2 Å². The molecule has 1 heterocycles. The molecule has 1 N–H and O–H groups in total. The van der Waals surface area contributed by atoms with Crippen molar-refractivity contribution >= 4 is 5.69 Å². The highest BCUT2D eigenvalue weighted by Gasteiger charge is 2.32. The summed E-state index contributed by atoms with van der Waals surface area (Å²) in [4.78, 5) is 1.85. The standard InChI is InChI=1S/C15H20F4N2/c1-2-20-9-11-4-3-7-21(10-11)14-6-5-12(8-13(14)16)15(17,18)19/h5-6,8,11,20H,2-4,7,9-10H2,1H3. The first-order valence-corrected chi connectivity index (χ1v) is 7.24. The third-order valence-electron chi connectivity index (χ3n) is 3.82. The van der Waals surface area contributed by atoms with Crippen LogP contribution in [0.4, 0.5) is 23.2 Å². The molecule has 0 aliphatic carbocycles. The average Bonchev–Trinajstić information content (AvgIpc) is 2.44. The molecule has 2 nitrogen and oxygen atoms in total. The van der Waals surface area contributed by atoms with Crippen LogP contribution in [0.2, 0.25) is 0 Å². The summed E-state index contributed by atoms with van der Waals surface area (Å²) in [5, 5.41) is 3.26. The fraction of sp³-hybridized carbons (Fsp3) is 0.600. The van der Waals surface area contributed by atoms with E-state index in [0.29, 0.717) is 25.1 Å². The first kappa shape index (κ1) is 16.1. The van der Waals surface area contributed by atoms with Gasteiger partial charge >= 0.3 is 6.18 Å². The topological polar surface area (TPSA) is 15.3 Å². The highest BCUT2D eigenvalue weighted by atomic mass is 19.4. The molecule has 0 spiro atoms. The highest BCUT2D eigenvalue weighted by molar-refractivity contribution is 5.50. The van der Waals surface area contributed by atoms with Gasteiger partial charge in [0, 0.05) is 13.1 Å². The first-order chi connectivity index (χ1) is 9.91. The number of hydrogen-bond acceptors (Lipinski definition) is 2. The van der Waals surface area contributed by atoms with Crippen LogP contribution in [0.25, 0.3) is 0 Å². The second-order valence-corrected chi connectivity index (χ2v) is 5.43. The molecule has 1 saturated heterocycles. The van der Waals surface area contributed by atoms with E-state index in [4.69, 9.17) is 0 Å². The molecular weight excluding hydrogens is 284 g/mol. The summed E-state index contributed by atoms with van der Waals surface area (Å²) in [6.07, 6.45) is -2.52. The second kappa shape index (κ2) is 6.64. The van der Waals surface area contributed by atoms with Crippen molar-refractivity contribution in [3.8, 4) is 0 Å². The van der Waals surface area contributed by atoms with E-state index >= 15 is 0 Å². The van der Waals surface area contributed by atoms with Gasteiger partial charge in [0.25, 0.3) is 0 Å². The van der Waals surface area contributed by atoms with Crippen LogP contribution in [0.5, 0.6) is 0 Å². The average molecular weight is 304 g/mol. The van der Waals surface area contributed by atoms with Crippen LogP contribution in [0, 0.1) is 11.7 Å². The molecular formula is C15H20F4N2. The van der Waals surface area contributed by atoms with Gasteiger partial charge in [0.15, 0.2) is 0 Å². The van der Waals surface area contributed by atoms with E-state index in [9.17, 15) is 17.6 Å². The molecule has 118 valence electrons. The summed E-state index contributed by atoms with van der Waals surface area (Å²) in [6.45, 7) is 5.12. The fourth-order valence-electron chi connectivity index (χ4n) is 2.74. The van der Waals surface area contributed by atoms with Crippen molar-refractivity contribution in [3.63, 3.8) is 0 Å². The predicted molar refractivity (Wildman–Crippen MR) is 74.9 cm³/mol. The van der Waals surface area contributed by atoms with Gasteiger partial charge in [-0.25, -0.2) is 4.39 Å². The summed E-state index contributed by atoms with van der Waals surface area (Å²) in [5.74, 6) is -0.394. The molecule has 0 aromatic heterocycles. The van der Waals surface area contributed by atoms with Crippen LogP contribution in [0.3, 0.4) is 0 Å². The van der Waals surface area contributed by atoms with E-state index in [1.165, 1.54) is 6.07 Å². The molecule has 1 aromatic carbocycles. The lowest BCUT2D eigenvalue weighted by atomic mass is 9.97. The lowest BCUT2D eigenvalue weighted by Crippen LogP contribution is -2.40. The van der Waals surface area contributed by atoms with Gasteiger partial charge in [-0.1, -0.05) is 6.92 Å².